The Morgan fingerprint density at radius 1 is 1.67 bits per heavy atom. The van der Waals surface area contributed by atoms with E-state index in [-0.39, 0.29) is 5.92 Å². The third-order valence-electron chi connectivity index (χ3n) is 1.11. The fourth-order valence-electron chi connectivity index (χ4n) is 0.549. The molecule has 0 aliphatic carbocycles. The van der Waals surface area contributed by atoms with Crippen molar-refractivity contribution in [2.24, 2.45) is 5.92 Å². The summed E-state index contributed by atoms with van der Waals surface area (Å²) in [6.45, 7) is 3.58. The second-order valence-corrected chi connectivity index (χ2v) is 2.23. The van der Waals surface area contributed by atoms with Crippen LogP contribution in [0.5, 0.6) is 0 Å². The maximum atomic E-state index is 10.2. The first kappa shape index (κ1) is 8.43. The zero-order valence-electron chi connectivity index (χ0n) is 5.59. The summed E-state index contributed by atoms with van der Waals surface area (Å²) < 4.78 is 0. The molecule has 2 radical (unpaired) electrons. The van der Waals surface area contributed by atoms with Gasteiger partial charge in [-0.1, -0.05) is 13.8 Å². The van der Waals surface area contributed by atoms with Crippen molar-refractivity contribution in [2.45, 2.75) is 19.9 Å². The van der Waals surface area contributed by atoms with Crippen LogP contribution < -0.4 is 5.32 Å². The molecule has 0 bridgehead atoms. The van der Waals surface area contributed by atoms with E-state index in [9.17, 15) is 4.79 Å². The number of aliphatic carboxylic acids is 1. The Balaban J connectivity index is 3.83. The summed E-state index contributed by atoms with van der Waals surface area (Å²) in [4.78, 5) is 10.2. The zero-order chi connectivity index (χ0) is 7.44. The van der Waals surface area contributed by atoms with Gasteiger partial charge in [0.05, 0.1) is 0 Å². The minimum absolute atomic E-state index is 0.0208. The molecule has 0 rings (SSSR count). The van der Waals surface area contributed by atoms with Gasteiger partial charge in [0.15, 0.2) is 0 Å². The molecule has 3 heteroatoms. The molecule has 0 amide bonds. The summed E-state index contributed by atoms with van der Waals surface area (Å²) in [6, 6.07) is -0.634. The van der Waals surface area contributed by atoms with E-state index < -0.39 is 12.0 Å². The molecule has 0 saturated heterocycles. The first-order chi connectivity index (χ1) is 4.09. The van der Waals surface area contributed by atoms with Gasteiger partial charge in [-0.15, -0.1) is 0 Å². The van der Waals surface area contributed by atoms with E-state index >= 15 is 0 Å². The molecular formula is C6H11NO2. The van der Waals surface area contributed by atoms with Gasteiger partial charge in [-0.05, 0) is 5.92 Å². The van der Waals surface area contributed by atoms with Crippen molar-refractivity contribution < 1.29 is 9.90 Å². The number of hydrogen-bond acceptors (Lipinski definition) is 2. The largest absolute Gasteiger partial charge is 0.480 e. The summed E-state index contributed by atoms with van der Waals surface area (Å²) in [6.07, 6.45) is 0. The zero-order valence-corrected chi connectivity index (χ0v) is 5.59. The van der Waals surface area contributed by atoms with Crippen LogP contribution in [-0.2, 0) is 4.79 Å². The van der Waals surface area contributed by atoms with E-state index in [4.69, 9.17) is 12.2 Å². The van der Waals surface area contributed by atoms with Gasteiger partial charge in [0, 0.05) is 7.05 Å². The SMILES string of the molecule is [CH]N[C@H](C(=O)O)C(C)C. The highest BCUT2D eigenvalue weighted by Crippen LogP contribution is 1.99. The number of nitrogens with one attached hydrogen (secondary N) is 1. The van der Waals surface area contributed by atoms with Gasteiger partial charge in [-0.3, -0.25) is 10.1 Å². The third-order valence-corrected chi connectivity index (χ3v) is 1.11. The third kappa shape index (κ3) is 2.46. The Hall–Kier alpha value is -0.570. The van der Waals surface area contributed by atoms with Crippen molar-refractivity contribution in [1.29, 1.82) is 0 Å². The van der Waals surface area contributed by atoms with E-state index in [0.29, 0.717) is 0 Å². The molecule has 0 unspecified atom stereocenters. The lowest BCUT2D eigenvalue weighted by Gasteiger charge is -2.13. The van der Waals surface area contributed by atoms with Crippen LogP contribution in [0, 0.1) is 13.0 Å². The predicted octanol–water partition coefficient (Wildman–Crippen LogP) is 0.354. The van der Waals surface area contributed by atoms with Crippen molar-refractivity contribution >= 4 is 5.97 Å². The molecule has 1 atom stereocenters. The van der Waals surface area contributed by atoms with E-state index in [0.717, 1.165) is 0 Å². The minimum atomic E-state index is -0.910. The van der Waals surface area contributed by atoms with Crippen LogP contribution in [0.4, 0.5) is 0 Å². The summed E-state index contributed by atoms with van der Waals surface area (Å²) in [5.74, 6) is -0.889. The standard InChI is InChI=1S/C6H11NO2/c1-4(2)5(7-3)6(8)9/h3-5,7H,1-2H3,(H,8,9)/t5-/m0/s1. The fraction of sp³-hybridized carbons (Fsp3) is 0.667. The summed E-state index contributed by atoms with van der Waals surface area (Å²) in [5, 5.41) is 10.6. The molecular weight excluding hydrogens is 118 g/mol. The maximum absolute atomic E-state index is 10.2. The molecule has 0 aromatic carbocycles. The first-order valence-corrected chi connectivity index (χ1v) is 2.78. The molecule has 0 heterocycles. The summed E-state index contributed by atoms with van der Waals surface area (Å²) >= 11 is 0. The van der Waals surface area contributed by atoms with Crippen LogP contribution in [0.15, 0.2) is 0 Å². The molecule has 0 fully saturated rings. The fourth-order valence-corrected chi connectivity index (χ4v) is 0.549. The van der Waals surface area contributed by atoms with E-state index in [1.165, 1.54) is 0 Å². The average molecular weight is 129 g/mol. The van der Waals surface area contributed by atoms with Crippen LogP contribution in [0.1, 0.15) is 13.8 Å². The molecule has 0 aromatic rings. The van der Waals surface area contributed by atoms with Gasteiger partial charge in [0.25, 0.3) is 0 Å². The average Bonchev–Trinajstić information content (AvgIpc) is 1.64. The van der Waals surface area contributed by atoms with Crippen molar-refractivity contribution in [3.05, 3.63) is 7.05 Å². The monoisotopic (exact) mass is 129 g/mol. The number of rotatable bonds is 3. The summed E-state index contributed by atoms with van der Waals surface area (Å²) in [7, 11) is 4.94. The highest BCUT2D eigenvalue weighted by atomic mass is 16.4. The Bertz CT molecular complexity index is 101. The molecule has 0 aromatic heterocycles. The van der Waals surface area contributed by atoms with Gasteiger partial charge < -0.3 is 5.11 Å². The molecule has 3 nitrogen and oxygen atoms in total. The molecule has 52 valence electrons. The van der Waals surface area contributed by atoms with Gasteiger partial charge in [-0.2, -0.15) is 0 Å². The quantitative estimate of drug-likeness (QED) is 0.541. The van der Waals surface area contributed by atoms with Gasteiger partial charge >= 0.3 is 5.97 Å². The Morgan fingerprint density at radius 3 is 2.11 bits per heavy atom. The lowest BCUT2D eigenvalue weighted by Crippen LogP contribution is -2.37. The van der Waals surface area contributed by atoms with Crippen molar-refractivity contribution in [2.75, 3.05) is 0 Å². The molecule has 9 heavy (non-hydrogen) atoms. The lowest BCUT2D eigenvalue weighted by atomic mass is 10.1. The number of carbonyl (C=O) groups is 1. The van der Waals surface area contributed by atoms with E-state index in [1.807, 2.05) is 0 Å². The minimum Gasteiger partial charge on any atom is -0.480 e. The first-order valence-electron chi connectivity index (χ1n) is 2.78. The number of carboxylic acid groups (broad SMARTS) is 1. The molecule has 0 aliphatic heterocycles. The highest BCUT2D eigenvalue weighted by Gasteiger charge is 2.17. The highest BCUT2D eigenvalue weighted by molar-refractivity contribution is 5.73. The number of carboxylic acids is 1. The Kier molecular flexibility index (Phi) is 3.24. The second kappa shape index (κ2) is 3.45. The van der Waals surface area contributed by atoms with Crippen LogP contribution in [0.2, 0.25) is 0 Å². The van der Waals surface area contributed by atoms with Gasteiger partial charge in [0.2, 0.25) is 0 Å². The van der Waals surface area contributed by atoms with Crippen LogP contribution in [0.25, 0.3) is 0 Å². The van der Waals surface area contributed by atoms with E-state index in [1.54, 1.807) is 13.8 Å². The number of hydrogen-bond donors (Lipinski definition) is 2. The normalized spacial score (nSPS) is 13.8. The molecule has 2 N–H and O–H groups in total. The Labute approximate surface area is 55.1 Å². The molecule has 0 saturated carbocycles. The topological polar surface area (TPSA) is 49.3 Å². The van der Waals surface area contributed by atoms with Crippen LogP contribution in [-0.4, -0.2) is 17.1 Å². The van der Waals surface area contributed by atoms with E-state index in [2.05, 4.69) is 5.32 Å². The lowest BCUT2D eigenvalue weighted by molar-refractivity contribution is -0.140. The van der Waals surface area contributed by atoms with Gasteiger partial charge in [-0.25, -0.2) is 0 Å². The van der Waals surface area contributed by atoms with Crippen molar-refractivity contribution in [3.63, 3.8) is 0 Å². The van der Waals surface area contributed by atoms with Crippen LogP contribution in [0.3, 0.4) is 0 Å². The predicted molar refractivity (Wildman–Crippen MR) is 33.7 cm³/mol. The Morgan fingerprint density at radius 2 is 2.11 bits per heavy atom. The van der Waals surface area contributed by atoms with Gasteiger partial charge in [0.1, 0.15) is 6.04 Å². The van der Waals surface area contributed by atoms with Crippen molar-refractivity contribution in [3.8, 4) is 0 Å². The van der Waals surface area contributed by atoms with Crippen molar-refractivity contribution in [1.82, 2.24) is 5.32 Å². The molecule has 0 aliphatic rings. The smallest absolute Gasteiger partial charge is 0.320 e. The summed E-state index contributed by atoms with van der Waals surface area (Å²) in [5.41, 5.74) is 0. The maximum Gasteiger partial charge on any atom is 0.320 e. The second-order valence-electron chi connectivity index (χ2n) is 2.23. The van der Waals surface area contributed by atoms with Crippen LogP contribution >= 0.6 is 0 Å². The molecule has 0 spiro atoms.